The lowest BCUT2D eigenvalue weighted by molar-refractivity contribution is -0.133. The zero-order valence-corrected chi connectivity index (χ0v) is 13.4. The molecule has 0 aliphatic heterocycles. The Bertz CT molecular complexity index is 719. The van der Waals surface area contributed by atoms with E-state index in [1.807, 2.05) is 0 Å². The van der Waals surface area contributed by atoms with E-state index in [0.717, 1.165) is 0 Å². The molecule has 0 unspecified atom stereocenters. The number of esters is 1. The van der Waals surface area contributed by atoms with Crippen molar-refractivity contribution in [3.05, 3.63) is 59.3 Å². The standard InChI is InChI=1S/C16H15ClN2O4/c1-21-9-13(16(20)22-2)12-5-3-4-6-14(12)23-8-11-7-15(17)19-10-18-11/h3-7,9-10H,8H2,1-2H3/b13-9+. The minimum atomic E-state index is -0.520. The molecule has 120 valence electrons. The van der Waals surface area contributed by atoms with Gasteiger partial charge in [0.1, 0.15) is 29.4 Å². The van der Waals surface area contributed by atoms with Crippen molar-refractivity contribution < 1.29 is 19.0 Å². The van der Waals surface area contributed by atoms with Gasteiger partial charge in [-0.3, -0.25) is 0 Å². The maximum absolute atomic E-state index is 11.9. The highest BCUT2D eigenvalue weighted by atomic mass is 35.5. The first-order valence-corrected chi connectivity index (χ1v) is 7.03. The number of hydrogen-bond acceptors (Lipinski definition) is 6. The Morgan fingerprint density at radius 2 is 2.04 bits per heavy atom. The van der Waals surface area contributed by atoms with Crippen LogP contribution >= 0.6 is 11.6 Å². The number of methoxy groups -OCH3 is 2. The molecule has 6 nitrogen and oxygen atoms in total. The second-order valence-corrected chi connectivity index (χ2v) is 4.76. The fourth-order valence-corrected chi connectivity index (χ4v) is 2.03. The summed E-state index contributed by atoms with van der Waals surface area (Å²) in [5.74, 6) is -0.0242. The van der Waals surface area contributed by atoms with Crippen LogP contribution in [0.5, 0.6) is 5.75 Å². The molecule has 0 N–H and O–H groups in total. The second kappa shape index (κ2) is 8.14. The number of carbonyl (C=O) groups is 1. The molecule has 0 amide bonds. The van der Waals surface area contributed by atoms with E-state index in [4.69, 9.17) is 25.8 Å². The van der Waals surface area contributed by atoms with Crippen molar-refractivity contribution in [2.75, 3.05) is 14.2 Å². The van der Waals surface area contributed by atoms with Crippen LogP contribution in [0.1, 0.15) is 11.3 Å². The quantitative estimate of drug-likeness (QED) is 0.350. The van der Waals surface area contributed by atoms with Crippen molar-refractivity contribution in [2.45, 2.75) is 6.61 Å². The molecule has 0 radical (unpaired) electrons. The Hall–Kier alpha value is -2.60. The molecule has 7 heteroatoms. The van der Waals surface area contributed by atoms with Gasteiger partial charge in [-0.1, -0.05) is 29.8 Å². The third-order valence-corrected chi connectivity index (χ3v) is 3.09. The largest absolute Gasteiger partial charge is 0.503 e. The molecule has 0 aliphatic carbocycles. The minimum absolute atomic E-state index is 0.181. The Morgan fingerprint density at radius 3 is 2.74 bits per heavy atom. The zero-order valence-electron chi connectivity index (χ0n) is 12.7. The molecule has 0 fully saturated rings. The number of aromatic nitrogens is 2. The number of para-hydroxylation sites is 1. The van der Waals surface area contributed by atoms with Crippen LogP contribution in [0.2, 0.25) is 5.15 Å². The van der Waals surface area contributed by atoms with Crippen molar-refractivity contribution in [1.29, 1.82) is 0 Å². The normalized spacial score (nSPS) is 11.0. The Morgan fingerprint density at radius 1 is 1.26 bits per heavy atom. The van der Waals surface area contributed by atoms with Gasteiger partial charge in [-0.2, -0.15) is 0 Å². The minimum Gasteiger partial charge on any atom is -0.503 e. The summed E-state index contributed by atoms with van der Waals surface area (Å²) >= 11 is 5.82. The van der Waals surface area contributed by atoms with Crippen LogP contribution in [0.25, 0.3) is 5.57 Å². The average molecular weight is 335 g/mol. The lowest BCUT2D eigenvalue weighted by Gasteiger charge is -2.12. The Balaban J connectivity index is 2.26. The van der Waals surface area contributed by atoms with E-state index in [0.29, 0.717) is 22.2 Å². The highest BCUT2D eigenvalue weighted by Crippen LogP contribution is 2.27. The molecule has 1 heterocycles. The van der Waals surface area contributed by atoms with E-state index in [-0.39, 0.29) is 12.2 Å². The first kappa shape index (κ1) is 16.8. The first-order valence-electron chi connectivity index (χ1n) is 6.65. The highest BCUT2D eigenvalue weighted by molar-refractivity contribution is 6.29. The zero-order chi connectivity index (χ0) is 16.7. The SMILES string of the molecule is CO/C=C(/C(=O)OC)c1ccccc1OCc1cc(Cl)ncn1. The molecular weight excluding hydrogens is 320 g/mol. The summed E-state index contributed by atoms with van der Waals surface area (Å²) in [7, 11) is 2.76. The van der Waals surface area contributed by atoms with Crippen molar-refractivity contribution in [1.82, 2.24) is 9.97 Å². The summed E-state index contributed by atoms with van der Waals surface area (Å²) in [6.45, 7) is 0.181. The average Bonchev–Trinajstić information content (AvgIpc) is 2.58. The molecule has 1 aromatic heterocycles. The molecular formula is C16H15ClN2O4. The third kappa shape index (κ3) is 4.43. The molecule has 0 saturated carbocycles. The van der Waals surface area contributed by atoms with Crippen molar-refractivity contribution in [3.8, 4) is 5.75 Å². The summed E-state index contributed by atoms with van der Waals surface area (Å²) < 4.78 is 15.5. The molecule has 0 atom stereocenters. The predicted octanol–water partition coefficient (Wildman–Crippen LogP) is 2.87. The molecule has 2 aromatic rings. The van der Waals surface area contributed by atoms with Gasteiger partial charge in [-0.05, 0) is 6.07 Å². The van der Waals surface area contributed by atoms with Crippen LogP contribution < -0.4 is 4.74 Å². The van der Waals surface area contributed by atoms with Crippen molar-refractivity contribution in [2.24, 2.45) is 0 Å². The number of halogens is 1. The van der Waals surface area contributed by atoms with E-state index in [9.17, 15) is 4.79 Å². The Labute approximate surface area is 138 Å². The number of benzene rings is 1. The number of rotatable bonds is 6. The van der Waals surface area contributed by atoms with Gasteiger partial charge in [0.05, 0.1) is 26.2 Å². The lowest BCUT2D eigenvalue weighted by Crippen LogP contribution is -2.07. The van der Waals surface area contributed by atoms with Gasteiger partial charge in [0.15, 0.2) is 0 Å². The van der Waals surface area contributed by atoms with Crippen LogP contribution in [-0.2, 0) is 20.9 Å². The van der Waals surface area contributed by atoms with Crippen LogP contribution in [0.3, 0.4) is 0 Å². The number of carbonyl (C=O) groups excluding carboxylic acids is 1. The first-order chi connectivity index (χ1) is 11.2. The van der Waals surface area contributed by atoms with Gasteiger partial charge >= 0.3 is 5.97 Å². The highest BCUT2D eigenvalue weighted by Gasteiger charge is 2.17. The maximum atomic E-state index is 11.9. The maximum Gasteiger partial charge on any atom is 0.341 e. The molecule has 23 heavy (non-hydrogen) atoms. The van der Waals surface area contributed by atoms with E-state index in [1.165, 1.54) is 26.8 Å². The van der Waals surface area contributed by atoms with Gasteiger partial charge in [-0.15, -0.1) is 0 Å². The van der Waals surface area contributed by atoms with Crippen molar-refractivity contribution in [3.63, 3.8) is 0 Å². The molecule has 0 saturated heterocycles. The summed E-state index contributed by atoms with van der Waals surface area (Å²) in [5.41, 5.74) is 1.43. The summed E-state index contributed by atoms with van der Waals surface area (Å²) in [6, 6.07) is 8.68. The van der Waals surface area contributed by atoms with Gasteiger partial charge in [0.2, 0.25) is 0 Å². The topological polar surface area (TPSA) is 70.5 Å². The predicted molar refractivity (Wildman–Crippen MR) is 84.8 cm³/mol. The van der Waals surface area contributed by atoms with E-state index in [1.54, 1.807) is 30.3 Å². The molecule has 0 bridgehead atoms. The molecule has 0 aliphatic rings. The summed E-state index contributed by atoms with van der Waals surface area (Å²) in [4.78, 5) is 19.8. The molecule has 1 aromatic carbocycles. The smallest absolute Gasteiger partial charge is 0.341 e. The number of hydrogen-bond donors (Lipinski definition) is 0. The fourth-order valence-electron chi connectivity index (χ4n) is 1.87. The third-order valence-electron chi connectivity index (χ3n) is 2.88. The van der Waals surface area contributed by atoms with Crippen molar-refractivity contribution >= 4 is 23.1 Å². The van der Waals surface area contributed by atoms with Gasteiger partial charge in [0, 0.05) is 11.6 Å². The van der Waals surface area contributed by atoms with E-state index >= 15 is 0 Å². The van der Waals surface area contributed by atoms with Crippen LogP contribution in [0.4, 0.5) is 0 Å². The van der Waals surface area contributed by atoms with Gasteiger partial charge < -0.3 is 14.2 Å². The summed E-state index contributed by atoms with van der Waals surface area (Å²) in [6.07, 6.45) is 2.67. The number of nitrogens with zero attached hydrogens (tertiary/aromatic N) is 2. The fraction of sp³-hybridized carbons (Fsp3) is 0.188. The van der Waals surface area contributed by atoms with E-state index in [2.05, 4.69) is 9.97 Å². The second-order valence-electron chi connectivity index (χ2n) is 4.38. The summed E-state index contributed by atoms with van der Waals surface area (Å²) in [5, 5.41) is 0.335. The van der Waals surface area contributed by atoms with Gasteiger partial charge in [0.25, 0.3) is 0 Å². The number of ether oxygens (including phenoxy) is 3. The van der Waals surface area contributed by atoms with Crippen LogP contribution in [-0.4, -0.2) is 30.2 Å². The van der Waals surface area contributed by atoms with Crippen LogP contribution in [0.15, 0.2) is 42.9 Å². The van der Waals surface area contributed by atoms with Gasteiger partial charge in [-0.25, -0.2) is 14.8 Å². The lowest BCUT2D eigenvalue weighted by atomic mass is 10.1. The molecule has 2 rings (SSSR count). The monoisotopic (exact) mass is 334 g/mol. The Kier molecular flexibility index (Phi) is 5.94. The van der Waals surface area contributed by atoms with Crippen LogP contribution in [0, 0.1) is 0 Å². The van der Waals surface area contributed by atoms with E-state index < -0.39 is 5.97 Å². The molecule has 0 spiro atoms.